The molecule has 0 bridgehead atoms. The first-order valence-corrected chi connectivity index (χ1v) is 5.37. The van der Waals surface area contributed by atoms with Gasteiger partial charge >= 0.3 is 0 Å². The molecule has 84 valence electrons. The van der Waals surface area contributed by atoms with Crippen molar-refractivity contribution in [1.29, 1.82) is 0 Å². The predicted octanol–water partition coefficient (Wildman–Crippen LogP) is 1.23. The van der Waals surface area contributed by atoms with Crippen molar-refractivity contribution in [3.05, 3.63) is 24.0 Å². The second-order valence-electron chi connectivity index (χ2n) is 3.67. The number of hydrogen-bond donors (Lipinski definition) is 2. The lowest BCUT2D eigenvalue weighted by atomic mass is 10.3. The molecule has 0 aliphatic carbocycles. The normalized spacial score (nSPS) is 11.7. The third kappa shape index (κ3) is 4.54. The molecule has 4 nitrogen and oxygen atoms in total. The lowest BCUT2D eigenvalue weighted by molar-refractivity contribution is 0.748. The lowest BCUT2D eigenvalue weighted by Crippen LogP contribution is -2.32. The fourth-order valence-electron chi connectivity index (χ4n) is 1.28. The van der Waals surface area contributed by atoms with Gasteiger partial charge < -0.3 is 15.6 Å². The van der Waals surface area contributed by atoms with E-state index in [9.17, 15) is 0 Å². The molecule has 0 aliphatic heterocycles. The largest absolute Gasteiger partial charge is 0.370 e. The SMILES string of the molecule is CCCCNC(N)=NCc1ccn(C)c1. The standard InChI is InChI=1S/C11H20N4/c1-3-4-6-13-11(12)14-8-10-5-7-15(2)9-10/h5,7,9H,3-4,6,8H2,1-2H3,(H3,12,13,14). The lowest BCUT2D eigenvalue weighted by Gasteiger charge is -2.03. The van der Waals surface area contributed by atoms with E-state index in [1.54, 1.807) is 0 Å². The first-order valence-electron chi connectivity index (χ1n) is 5.37. The van der Waals surface area contributed by atoms with Crippen molar-refractivity contribution in [2.24, 2.45) is 17.8 Å². The van der Waals surface area contributed by atoms with E-state index in [1.807, 2.05) is 30.1 Å². The van der Waals surface area contributed by atoms with Crippen LogP contribution in [0.5, 0.6) is 0 Å². The van der Waals surface area contributed by atoms with Crippen LogP contribution in [0.25, 0.3) is 0 Å². The Hall–Kier alpha value is -1.45. The molecule has 1 aromatic rings. The van der Waals surface area contributed by atoms with E-state index in [1.165, 1.54) is 12.0 Å². The Kier molecular flexibility index (Phi) is 4.74. The van der Waals surface area contributed by atoms with E-state index >= 15 is 0 Å². The smallest absolute Gasteiger partial charge is 0.188 e. The van der Waals surface area contributed by atoms with Crippen LogP contribution in [0.15, 0.2) is 23.5 Å². The summed E-state index contributed by atoms with van der Waals surface area (Å²) < 4.78 is 2.01. The quantitative estimate of drug-likeness (QED) is 0.434. The molecule has 0 spiro atoms. The maximum atomic E-state index is 5.70. The van der Waals surface area contributed by atoms with E-state index in [2.05, 4.69) is 17.2 Å². The fraction of sp³-hybridized carbons (Fsp3) is 0.545. The third-order valence-corrected chi connectivity index (χ3v) is 2.16. The van der Waals surface area contributed by atoms with E-state index in [-0.39, 0.29) is 0 Å². The van der Waals surface area contributed by atoms with Crippen LogP contribution in [-0.2, 0) is 13.6 Å². The Balaban J connectivity index is 2.30. The number of nitrogens with two attached hydrogens (primary N) is 1. The first-order chi connectivity index (χ1) is 7.22. The van der Waals surface area contributed by atoms with Crippen LogP contribution in [0.2, 0.25) is 0 Å². The van der Waals surface area contributed by atoms with E-state index in [0.29, 0.717) is 12.5 Å². The minimum absolute atomic E-state index is 0.535. The highest BCUT2D eigenvalue weighted by molar-refractivity contribution is 5.77. The summed E-state index contributed by atoms with van der Waals surface area (Å²) in [6.07, 6.45) is 6.34. The fourth-order valence-corrected chi connectivity index (χ4v) is 1.28. The number of rotatable bonds is 5. The van der Waals surface area contributed by atoms with E-state index in [4.69, 9.17) is 5.73 Å². The molecule has 3 N–H and O–H groups in total. The molecule has 0 amide bonds. The van der Waals surface area contributed by atoms with Crippen LogP contribution in [-0.4, -0.2) is 17.1 Å². The van der Waals surface area contributed by atoms with Gasteiger partial charge in [0.2, 0.25) is 0 Å². The van der Waals surface area contributed by atoms with Gasteiger partial charge in [0.25, 0.3) is 0 Å². The molecule has 0 saturated heterocycles. The van der Waals surface area contributed by atoms with Crippen LogP contribution in [0.1, 0.15) is 25.3 Å². The summed E-state index contributed by atoms with van der Waals surface area (Å²) in [5.41, 5.74) is 6.88. The van der Waals surface area contributed by atoms with Crippen molar-refractivity contribution in [1.82, 2.24) is 9.88 Å². The monoisotopic (exact) mass is 208 g/mol. The Bertz CT molecular complexity index is 314. The van der Waals surface area contributed by atoms with Gasteiger partial charge in [-0.2, -0.15) is 0 Å². The van der Waals surface area contributed by atoms with Crippen LogP contribution in [0.3, 0.4) is 0 Å². The Morgan fingerprint density at radius 2 is 2.40 bits per heavy atom. The van der Waals surface area contributed by atoms with Crippen LogP contribution < -0.4 is 11.1 Å². The Morgan fingerprint density at radius 1 is 1.60 bits per heavy atom. The molecule has 0 saturated carbocycles. The van der Waals surface area contributed by atoms with Crippen molar-refractivity contribution in [2.45, 2.75) is 26.3 Å². The number of nitrogens with one attached hydrogen (secondary N) is 1. The van der Waals surface area contributed by atoms with Gasteiger partial charge in [0.1, 0.15) is 0 Å². The number of aliphatic imine (C=N–C) groups is 1. The molecule has 1 aromatic heterocycles. The molecule has 1 rings (SSSR count). The van der Waals surface area contributed by atoms with Gasteiger partial charge in [-0.25, -0.2) is 4.99 Å². The number of aryl methyl sites for hydroxylation is 1. The zero-order valence-corrected chi connectivity index (χ0v) is 9.53. The average Bonchev–Trinajstić information content (AvgIpc) is 2.62. The summed E-state index contributed by atoms with van der Waals surface area (Å²) in [7, 11) is 2.00. The summed E-state index contributed by atoms with van der Waals surface area (Å²) in [6.45, 7) is 3.70. The van der Waals surface area contributed by atoms with Crippen molar-refractivity contribution in [2.75, 3.05) is 6.54 Å². The maximum absolute atomic E-state index is 5.70. The number of hydrogen-bond acceptors (Lipinski definition) is 1. The summed E-state index contributed by atoms with van der Waals surface area (Å²) in [5.74, 6) is 0.535. The first kappa shape index (κ1) is 11.6. The van der Waals surface area contributed by atoms with Crippen molar-refractivity contribution >= 4 is 5.96 Å². The van der Waals surface area contributed by atoms with Crippen LogP contribution >= 0.6 is 0 Å². The van der Waals surface area contributed by atoms with Gasteiger partial charge in [-0.1, -0.05) is 13.3 Å². The molecule has 4 heteroatoms. The molecule has 0 aliphatic rings. The molecule has 0 radical (unpaired) electrons. The number of nitrogens with zero attached hydrogens (tertiary/aromatic N) is 2. The Morgan fingerprint density at radius 3 is 3.00 bits per heavy atom. The van der Waals surface area contributed by atoms with Crippen LogP contribution in [0, 0.1) is 0 Å². The van der Waals surface area contributed by atoms with Crippen molar-refractivity contribution in [3.8, 4) is 0 Å². The minimum atomic E-state index is 0.535. The third-order valence-electron chi connectivity index (χ3n) is 2.16. The summed E-state index contributed by atoms with van der Waals surface area (Å²) in [6, 6.07) is 2.04. The molecule has 15 heavy (non-hydrogen) atoms. The van der Waals surface area contributed by atoms with Gasteiger partial charge in [-0.15, -0.1) is 0 Å². The zero-order valence-electron chi connectivity index (χ0n) is 9.53. The summed E-state index contributed by atoms with van der Waals surface area (Å²) >= 11 is 0. The summed E-state index contributed by atoms with van der Waals surface area (Å²) in [5, 5.41) is 3.08. The second-order valence-corrected chi connectivity index (χ2v) is 3.67. The van der Waals surface area contributed by atoms with Gasteiger partial charge in [0.05, 0.1) is 6.54 Å². The van der Waals surface area contributed by atoms with Gasteiger partial charge in [0.15, 0.2) is 5.96 Å². The molecule has 0 atom stereocenters. The number of aromatic nitrogens is 1. The van der Waals surface area contributed by atoms with Crippen molar-refractivity contribution in [3.63, 3.8) is 0 Å². The van der Waals surface area contributed by atoms with E-state index in [0.717, 1.165) is 13.0 Å². The minimum Gasteiger partial charge on any atom is -0.370 e. The zero-order chi connectivity index (χ0) is 11.1. The highest BCUT2D eigenvalue weighted by Crippen LogP contribution is 2.00. The molecule has 0 unspecified atom stereocenters. The molecule has 1 heterocycles. The van der Waals surface area contributed by atoms with Crippen LogP contribution in [0.4, 0.5) is 0 Å². The van der Waals surface area contributed by atoms with Gasteiger partial charge in [-0.3, -0.25) is 0 Å². The molecular weight excluding hydrogens is 188 g/mol. The van der Waals surface area contributed by atoms with Gasteiger partial charge in [0, 0.05) is 26.0 Å². The highest BCUT2D eigenvalue weighted by atomic mass is 15.1. The van der Waals surface area contributed by atoms with Crippen molar-refractivity contribution < 1.29 is 0 Å². The Labute approximate surface area is 91.2 Å². The molecular formula is C11H20N4. The predicted molar refractivity (Wildman–Crippen MR) is 63.7 cm³/mol. The topological polar surface area (TPSA) is 55.3 Å². The average molecular weight is 208 g/mol. The second kappa shape index (κ2) is 6.11. The van der Waals surface area contributed by atoms with E-state index < -0.39 is 0 Å². The van der Waals surface area contributed by atoms with Gasteiger partial charge in [-0.05, 0) is 18.1 Å². The number of guanidine groups is 1. The summed E-state index contributed by atoms with van der Waals surface area (Å²) in [4.78, 5) is 4.25. The number of unbranched alkanes of at least 4 members (excludes halogenated alkanes) is 1. The highest BCUT2D eigenvalue weighted by Gasteiger charge is 1.94. The molecule has 0 aromatic carbocycles. The maximum Gasteiger partial charge on any atom is 0.188 e. The molecule has 0 fully saturated rings.